The van der Waals surface area contributed by atoms with Gasteiger partial charge in [-0.15, -0.1) is 0 Å². The number of aliphatic hydroxyl groups is 1. The standard InChI is InChI=1S/C13H21N5O4/c19-8-11(17-13(21)10-7-14-9-16-10)12(20)15-1-2-18-3-5-22-6-4-18/h7,9,11,19H,1-6,8H2,(H,14,16)(H,15,20)(H,17,21)/t11-/m0/s1. The summed E-state index contributed by atoms with van der Waals surface area (Å²) < 4.78 is 5.24. The van der Waals surface area contributed by atoms with Crippen LogP contribution in [0.2, 0.25) is 0 Å². The second-order valence-electron chi connectivity index (χ2n) is 4.92. The van der Waals surface area contributed by atoms with Crippen LogP contribution in [0.3, 0.4) is 0 Å². The molecule has 0 spiro atoms. The normalized spacial score (nSPS) is 17.0. The maximum Gasteiger partial charge on any atom is 0.270 e. The van der Waals surface area contributed by atoms with Crippen molar-refractivity contribution in [1.82, 2.24) is 25.5 Å². The number of morpholine rings is 1. The van der Waals surface area contributed by atoms with E-state index in [9.17, 15) is 14.7 Å². The number of hydrogen-bond acceptors (Lipinski definition) is 6. The van der Waals surface area contributed by atoms with Gasteiger partial charge in [0, 0.05) is 26.2 Å². The maximum atomic E-state index is 12.0. The van der Waals surface area contributed by atoms with Crippen LogP contribution >= 0.6 is 0 Å². The summed E-state index contributed by atoms with van der Waals surface area (Å²) in [5, 5.41) is 14.4. The van der Waals surface area contributed by atoms with Gasteiger partial charge in [0.15, 0.2) is 0 Å². The molecule has 1 aliphatic heterocycles. The molecule has 1 aromatic heterocycles. The van der Waals surface area contributed by atoms with Crippen LogP contribution in [-0.2, 0) is 9.53 Å². The molecule has 1 atom stereocenters. The zero-order valence-electron chi connectivity index (χ0n) is 12.2. The average Bonchev–Trinajstić information content (AvgIpc) is 3.08. The van der Waals surface area contributed by atoms with E-state index in [0.717, 1.165) is 13.1 Å². The molecule has 0 saturated carbocycles. The predicted molar refractivity (Wildman–Crippen MR) is 77.2 cm³/mol. The van der Waals surface area contributed by atoms with E-state index in [-0.39, 0.29) is 5.69 Å². The minimum absolute atomic E-state index is 0.236. The summed E-state index contributed by atoms with van der Waals surface area (Å²) in [7, 11) is 0. The van der Waals surface area contributed by atoms with Gasteiger partial charge in [0.1, 0.15) is 11.7 Å². The first-order chi connectivity index (χ1) is 10.7. The van der Waals surface area contributed by atoms with Crippen molar-refractivity contribution in [3.8, 4) is 0 Å². The molecular formula is C13H21N5O4. The van der Waals surface area contributed by atoms with Crippen molar-refractivity contribution in [2.75, 3.05) is 46.0 Å². The van der Waals surface area contributed by atoms with Crippen LogP contribution in [0.25, 0.3) is 0 Å². The van der Waals surface area contributed by atoms with E-state index < -0.39 is 24.5 Å². The zero-order valence-corrected chi connectivity index (χ0v) is 12.2. The molecule has 1 aromatic rings. The number of aliphatic hydroxyl groups excluding tert-OH is 1. The fourth-order valence-electron chi connectivity index (χ4n) is 2.10. The number of carbonyl (C=O) groups is 2. The van der Waals surface area contributed by atoms with Gasteiger partial charge in [-0.2, -0.15) is 0 Å². The summed E-state index contributed by atoms with van der Waals surface area (Å²) in [5.41, 5.74) is 0.236. The quantitative estimate of drug-likeness (QED) is 0.460. The van der Waals surface area contributed by atoms with Crippen molar-refractivity contribution in [2.45, 2.75) is 6.04 Å². The third-order valence-electron chi connectivity index (χ3n) is 3.38. The summed E-state index contributed by atoms with van der Waals surface area (Å²) in [6.45, 7) is 3.78. The SMILES string of the molecule is O=C(N[C@@H](CO)C(=O)NCCN1CCOCC1)c1cnc[nH]1. The van der Waals surface area contributed by atoms with E-state index in [1.54, 1.807) is 0 Å². The molecule has 9 heteroatoms. The Labute approximate surface area is 128 Å². The largest absolute Gasteiger partial charge is 0.394 e. The van der Waals surface area contributed by atoms with E-state index in [4.69, 9.17) is 4.74 Å². The number of hydrogen-bond donors (Lipinski definition) is 4. The average molecular weight is 311 g/mol. The van der Waals surface area contributed by atoms with Gasteiger partial charge < -0.3 is 25.5 Å². The third-order valence-corrected chi connectivity index (χ3v) is 3.38. The monoisotopic (exact) mass is 311 g/mol. The second kappa shape index (κ2) is 8.47. The first-order valence-electron chi connectivity index (χ1n) is 7.18. The van der Waals surface area contributed by atoms with Gasteiger partial charge in [-0.05, 0) is 0 Å². The molecule has 9 nitrogen and oxygen atoms in total. The van der Waals surface area contributed by atoms with E-state index in [1.165, 1.54) is 12.5 Å². The van der Waals surface area contributed by atoms with E-state index >= 15 is 0 Å². The number of aromatic nitrogens is 2. The zero-order chi connectivity index (χ0) is 15.8. The van der Waals surface area contributed by atoms with E-state index in [1.807, 2.05) is 0 Å². The summed E-state index contributed by atoms with van der Waals surface area (Å²) in [6.07, 6.45) is 2.71. The number of carbonyl (C=O) groups excluding carboxylic acids is 2. The van der Waals surface area contributed by atoms with Crippen molar-refractivity contribution in [2.24, 2.45) is 0 Å². The number of imidazole rings is 1. The van der Waals surface area contributed by atoms with Crippen molar-refractivity contribution in [1.29, 1.82) is 0 Å². The number of ether oxygens (including phenoxy) is 1. The van der Waals surface area contributed by atoms with Gasteiger partial charge in [-0.25, -0.2) is 4.98 Å². The Morgan fingerprint density at radius 3 is 2.86 bits per heavy atom. The van der Waals surface area contributed by atoms with E-state index in [0.29, 0.717) is 26.3 Å². The molecule has 0 radical (unpaired) electrons. The lowest BCUT2D eigenvalue weighted by molar-refractivity contribution is -0.123. The highest BCUT2D eigenvalue weighted by Gasteiger charge is 2.21. The molecule has 0 aliphatic carbocycles. The van der Waals surface area contributed by atoms with Crippen LogP contribution < -0.4 is 10.6 Å². The number of rotatable bonds is 7. The summed E-state index contributed by atoms with van der Waals surface area (Å²) >= 11 is 0. The molecule has 2 amide bonds. The fraction of sp³-hybridized carbons (Fsp3) is 0.615. The van der Waals surface area contributed by atoms with Crippen LogP contribution in [0.1, 0.15) is 10.5 Å². The Balaban J connectivity index is 1.72. The maximum absolute atomic E-state index is 12.0. The number of nitrogens with one attached hydrogen (secondary N) is 3. The van der Waals surface area contributed by atoms with Gasteiger partial charge >= 0.3 is 0 Å². The van der Waals surface area contributed by atoms with Crippen LogP contribution in [0.15, 0.2) is 12.5 Å². The Kier molecular flexibility index (Phi) is 6.31. The molecular weight excluding hydrogens is 290 g/mol. The summed E-state index contributed by atoms with van der Waals surface area (Å²) in [4.78, 5) is 32.3. The van der Waals surface area contributed by atoms with Crippen LogP contribution in [0.4, 0.5) is 0 Å². The Hall–Kier alpha value is -1.97. The van der Waals surface area contributed by atoms with Gasteiger partial charge in [0.05, 0.1) is 32.3 Å². The fourth-order valence-corrected chi connectivity index (χ4v) is 2.10. The third kappa shape index (κ3) is 4.79. The topological polar surface area (TPSA) is 120 Å². The molecule has 0 bridgehead atoms. The molecule has 1 aliphatic rings. The molecule has 0 aromatic carbocycles. The highest BCUT2D eigenvalue weighted by atomic mass is 16.5. The van der Waals surface area contributed by atoms with Crippen LogP contribution in [0.5, 0.6) is 0 Å². The first kappa shape index (κ1) is 16.4. The summed E-state index contributed by atoms with van der Waals surface area (Å²) in [6, 6.07) is -0.986. The lowest BCUT2D eigenvalue weighted by Crippen LogP contribution is -2.50. The minimum atomic E-state index is -0.986. The Morgan fingerprint density at radius 2 is 2.23 bits per heavy atom. The number of amides is 2. The Bertz CT molecular complexity index is 473. The smallest absolute Gasteiger partial charge is 0.270 e. The summed E-state index contributed by atoms with van der Waals surface area (Å²) in [5.74, 6) is -0.900. The minimum Gasteiger partial charge on any atom is -0.394 e. The highest BCUT2D eigenvalue weighted by Crippen LogP contribution is 1.96. The highest BCUT2D eigenvalue weighted by molar-refractivity contribution is 5.95. The van der Waals surface area contributed by atoms with Gasteiger partial charge in [-0.1, -0.05) is 0 Å². The van der Waals surface area contributed by atoms with Crippen molar-refractivity contribution < 1.29 is 19.4 Å². The molecule has 1 saturated heterocycles. The van der Waals surface area contributed by atoms with Crippen LogP contribution in [0, 0.1) is 0 Å². The number of H-pyrrole nitrogens is 1. The van der Waals surface area contributed by atoms with Gasteiger partial charge in [0.25, 0.3) is 5.91 Å². The first-order valence-corrected chi connectivity index (χ1v) is 7.18. The lowest BCUT2D eigenvalue weighted by Gasteiger charge is -2.26. The number of nitrogens with zero attached hydrogens (tertiary/aromatic N) is 2. The Morgan fingerprint density at radius 1 is 1.45 bits per heavy atom. The molecule has 1 fully saturated rings. The van der Waals surface area contributed by atoms with E-state index in [2.05, 4.69) is 25.5 Å². The molecule has 22 heavy (non-hydrogen) atoms. The molecule has 4 N–H and O–H groups in total. The number of aromatic amines is 1. The molecule has 122 valence electrons. The molecule has 0 unspecified atom stereocenters. The van der Waals surface area contributed by atoms with Gasteiger partial charge in [-0.3, -0.25) is 14.5 Å². The predicted octanol–water partition coefficient (Wildman–Crippen LogP) is -2.05. The lowest BCUT2D eigenvalue weighted by atomic mass is 10.2. The van der Waals surface area contributed by atoms with Crippen molar-refractivity contribution in [3.05, 3.63) is 18.2 Å². The molecule has 2 heterocycles. The second-order valence-corrected chi connectivity index (χ2v) is 4.92. The van der Waals surface area contributed by atoms with Crippen molar-refractivity contribution in [3.63, 3.8) is 0 Å². The van der Waals surface area contributed by atoms with Crippen LogP contribution in [-0.4, -0.2) is 83.8 Å². The molecule has 2 rings (SSSR count). The van der Waals surface area contributed by atoms with Gasteiger partial charge in [0.2, 0.25) is 5.91 Å². The van der Waals surface area contributed by atoms with Crippen molar-refractivity contribution >= 4 is 11.8 Å².